The number of ether oxygens (including phenoxy) is 2. The van der Waals surface area contributed by atoms with Crippen molar-refractivity contribution in [2.24, 2.45) is 5.10 Å². The summed E-state index contributed by atoms with van der Waals surface area (Å²) in [6.45, 7) is -0.109. The van der Waals surface area contributed by atoms with Crippen LogP contribution in [-0.2, 0) is 21.4 Å². The van der Waals surface area contributed by atoms with Gasteiger partial charge >= 0.3 is 0 Å². The number of rotatable bonds is 11. The highest BCUT2D eigenvalue weighted by Crippen LogP contribution is 2.32. The lowest BCUT2D eigenvalue weighted by atomic mass is 10.2. The number of nitrogens with one attached hydrogen (secondary N) is 1. The highest BCUT2D eigenvalue weighted by Gasteiger charge is 2.29. The molecule has 0 saturated carbocycles. The molecule has 200 valence electrons. The number of hydrogen-bond donors (Lipinski definition) is 1. The maximum atomic E-state index is 13.5. The minimum atomic E-state index is -4.07. The third kappa shape index (κ3) is 7.37. The van der Waals surface area contributed by atoms with Gasteiger partial charge in [-0.1, -0.05) is 54.1 Å². The van der Waals surface area contributed by atoms with Crippen LogP contribution in [0.25, 0.3) is 0 Å². The zero-order chi connectivity index (χ0) is 27.7. The molecule has 0 atom stereocenters. The molecule has 0 aromatic heterocycles. The molecule has 4 aromatic carbocycles. The molecule has 1 N–H and O–H groups in total. The van der Waals surface area contributed by atoms with E-state index in [-0.39, 0.29) is 10.6 Å². The topological polar surface area (TPSA) is 97.3 Å². The molecule has 0 fully saturated rings. The molecule has 0 radical (unpaired) electrons. The Bertz CT molecular complexity index is 1530. The Balaban J connectivity index is 1.41. The van der Waals surface area contributed by atoms with Crippen LogP contribution in [0, 0.1) is 0 Å². The zero-order valence-corrected chi connectivity index (χ0v) is 22.6. The normalized spacial score (nSPS) is 11.2. The van der Waals surface area contributed by atoms with Crippen LogP contribution >= 0.6 is 11.6 Å². The first-order chi connectivity index (χ1) is 18.9. The van der Waals surface area contributed by atoms with Gasteiger partial charge in [-0.05, 0) is 71.8 Å². The lowest BCUT2D eigenvalue weighted by Gasteiger charge is -2.25. The Morgan fingerprint density at radius 1 is 0.923 bits per heavy atom. The number of halogens is 1. The van der Waals surface area contributed by atoms with Crippen LogP contribution in [0.1, 0.15) is 11.1 Å². The number of amides is 1. The molecule has 0 saturated heterocycles. The molecule has 39 heavy (non-hydrogen) atoms. The van der Waals surface area contributed by atoms with E-state index in [1.165, 1.54) is 25.5 Å². The molecule has 10 heteroatoms. The lowest BCUT2D eigenvalue weighted by Crippen LogP contribution is -2.39. The Morgan fingerprint density at radius 3 is 2.28 bits per heavy atom. The number of hydrazone groups is 1. The number of methoxy groups -OCH3 is 1. The van der Waals surface area contributed by atoms with Crippen molar-refractivity contribution < 1.29 is 22.7 Å². The standard InChI is InChI=1S/C29H26ClN3O5S/c1-37-28-10-6-5-9-27(28)33(39(35,36)26-7-3-2-4-8-26)20-29(34)32-31-19-22-13-17-25(18-14-22)38-21-23-11-15-24(30)16-12-23/h2-19H,20-21H2,1H3,(H,32,34). The average Bonchev–Trinajstić information content (AvgIpc) is 2.96. The smallest absolute Gasteiger partial charge is 0.264 e. The molecule has 0 aliphatic heterocycles. The first kappa shape index (κ1) is 27.7. The zero-order valence-electron chi connectivity index (χ0n) is 21.0. The summed E-state index contributed by atoms with van der Waals surface area (Å²) in [5.41, 5.74) is 4.34. The maximum absolute atomic E-state index is 13.5. The number of para-hydroxylation sites is 2. The predicted octanol–water partition coefficient (Wildman–Crippen LogP) is 5.27. The van der Waals surface area contributed by atoms with E-state index < -0.39 is 22.5 Å². The van der Waals surface area contributed by atoms with E-state index >= 15 is 0 Å². The van der Waals surface area contributed by atoms with Gasteiger partial charge in [0.1, 0.15) is 24.7 Å². The third-order valence-electron chi connectivity index (χ3n) is 5.57. The second-order valence-electron chi connectivity index (χ2n) is 8.27. The van der Waals surface area contributed by atoms with E-state index in [1.54, 1.807) is 78.9 Å². The predicted molar refractivity (Wildman–Crippen MR) is 152 cm³/mol. The van der Waals surface area contributed by atoms with Crippen LogP contribution in [0.4, 0.5) is 5.69 Å². The van der Waals surface area contributed by atoms with Crippen molar-refractivity contribution in [1.82, 2.24) is 5.43 Å². The van der Waals surface area contributed by atoms with Gasteiger partial charge in [0.25, 0.3) is 15.9 Å². The number of benzene rings is 4. The highest BCUT2D eigenvalue weighted by molar-refractivity contribution is 7.92. The van der Waals surface area contributed by atoms with E-state index in [1.807, 2.05) is 12.1 Å². The van der Waals surface area contributed by atoms with Crippen molar-refractivity contribution in [3.63, 3.8) is 0 Å². The van der Waals surface area contributed by atoms with Crippen molar-refractivity contribution in [3.8, 4) is 11.5 Å². The van der Waals surface area contributed by atoms with Gasteiger partial charge in [-0.25, -0.2) is 13.8 Å². The lowest BCUT2D eigenvalue weighted by molar-refractivity contribution is -0.119. The maximum Gasteiger partial charge on any atom is 0.264 e. The fourth-order valence-electron chi connectivity index (χ4n) is 3.60. The number of sulfonamides is 1. The van der Waals surface area contributed by atoms with Gasteiger partial charge in [0.15, 0.2) is 0 Å². The molecule has 0 spiro atoms. The second-order valence-corrected chi connectivity index (χ2v) is 10.6. The Kier molecular flexibility index (Phi) is 9.19. The van der Waals surface area contributed by atoms with Crippen molar-refractivity contribution in [3.05, 3.63) is 119 Å². The summed E-state index contributed by atoms with van der Waals surface area (Å²) in [6.07, 6.45) is 1.46. The fourth-order valence-corrected chi connectivity index (χ4v) is 5.18. The van der Waals surface area contributed by atoms with Crippen LogP contribution in [0.2, 0.25) is 5.02 Å². The van der Waals surface area contributed by atoms with Crippen LogP contribution in [-0.4, -0.2) is 34.2 Å². The average molecular weight is 564 g/mol. The number of anilines is 1. The Hall–Kier alpha value is -4.34. The minimum absolute atomic E-state index is 0.0468. The molecule has 4 rings (SSSR count). The van der Waals surface area contributed by atoms with Crippen molar-refractivity contribution in [1.29, 1.82) is 0 Å². The summed E-state index contributed by atoms with van der Waals surface area (Å²) in [4.78, 5) is 12.8. The molecule has 0 unspecified atom stereocenters. The van der Waals surface area contributed by atoms with Crippen LogP contribution in [0.5, 0.6) is 11.5 Å². The number of nitrogens with zero attached hydrogens (tertiary/aromatic N) is 2. The van der Waals surface area contributed by atoms with Gasteiger partial charge < -0.3 is 9.47 Å². The van der Waals surface area contributed by atoms with Gasteiger partial charge in [-0.15, -0.1) is 0 Å². The molecule has 8 nitrogen and oxygen atoms in total. The molecule has 0 heterocycles. The number of hydrogen-bond acceptors (Lipinski definition) is 6. The van der Waals surface area contributed by atoms with Gasteiger partial charge in [0.2, 0.25) is 0 Å². The van der Waals surface area contributed by atoms with Crippen LogP contribution in [0.15, 0.2) is 113 Å². The minimum Gasteiger partial charge on any atom is -0.495 e. The summed E-state index contributed by atoms with van der Waals surface area (Å²) < 4.78 is 39.0. The van der Waals surface area contributed by atoms with E-state index in [2.05, 4.69) is 10.5 Å². The Labute approximate surface area is 232 Å². The van der Waals surface area contributed by atoms with E-state index in [0.717, 1.165) is 9.87 Å². The molecule has 4 aromatic rings. The summed E-state index contributed by atoms with van der Waals surface area (Å²) in [5, 5.41) is 4.65. The largest absolute Gasteiger partial charge is 0.495 e. The molecular weight excluding hydrogens is 538 g/mol. The quantitative estimate of drug-likeness (QED) is 0.198. The van der Waals surface area contributed by atoms with Crippen LogP contribution in [0.3, 0.4) is 0 Å². The van der Waals surface area contributed by atoms with Gasteiger partial charge in [-0.2, -0.15) is 5.10 Å². The van der Waals surface area contributed by atoms with Gasteiger partial charge in [0.05, 0.1) is 23.9 Å². The van der Waals surface area contributed by atoms with Crippen molar-refractivity contribution in [2.45, 2.75) is 11.5 Å². The Morgan fingerprint density at radius 2 is 1.59 bits per heavy atom. The molecule has 1 amide bonds. The summed E-state index contributed by atoms with van der Waals surface area (Å²) >= 11 is 5.90. The van der Waals surface area contributed by atoms with Crippen molar-refractivity contribution in [2.75, 3.05) is 18.0 Å². The molecule has 0 bridgehead atoms. The third-order valence-corrected chi connectivity index (χ3v) is 7.60. The molecule has 0 aliphatic rings. The van der Waals surface area contributed by atoms with Crippen LogP contribution < -0.4 is 19.2 Å². The van der Waals surface area contributed by atoms with E-state index in [9.17, 15) is 13.2 Å². The van der Waals surface area contributed by atoms with Crippen molar-refractivity contribution >= 4 is 39.4 Å². The van der Waals surface area contributed by atoms with E-state index in [0.29, 0.717) is 28.7 Å². The molecule has 0 aliphatic carbocycles. The SMILES string of the molecule is COc1ccccc1N(CC(=O)NN=Cc1ccc(OCc2ccc(Cl)cc2)cc1)S(=O)(=O)c1ccccc1. The summed E-state index contributed by atoms with van der Waals surface area (Å²) in [6, 6.07) is 29.0. The van der Waals surface area contributed by atoms with Gasteiger partial charge in [-0.3, -0.25) is 9.10 Å². The fraction of sp³-hybridized carbons (Fsp3) is 0.103. The number of carbonyl (C=O) groups is 1. The van der Waals surface area contributed by atoms with E-state index in [4.69, 9.17) is 21.1 Å². The van der Waals surface area contributed by atoms with Gasteiger partial charge in [0, 0.05) is 5.02 Å². The highest BCUT2D eigenvalue weighted by atomic mass is 35.5. The molecular formula is C29H26ClN3O5S. The first-order valence-electron chi connectivity index (χ1n) is 11.9. The number of carbonyl (C=O) groups excluding carboxylic acids is 1. The first-order valence-corrected chi connectivity index (χ1v) is 13.7. The second kappa shape index (κ2) is 12.9. The summed E-state index contributed by atoms with van der Waals surface area (Å²) in [5.74, 6) is 0.357. The monoisotopic (exact) mass is 563 g/mol. The summed E-state index contributed by atoms with van der Waals surface area (Å²) in [7, 11) is -2.64.